The molecular formula is C16H18ClN3O3. The first-order valence-corrected chi connectivity index (χ1v) is 7.38. The average Bonchev–Trinajstić information content (AvgIpc) is 2.41. The van der Waals surface area contributed by atoms with Crippen LogP contribution >= 0.6 is 11.6 Å². The number of nitrogens with zero attached hydrogens (tertiary/aromatic N) is 2. The highest BCUT2D eigenvalue weighted by molar-refractivity contribution is 6.29. The van der Waals surface area contributed by atoms with Crippen LogP contribution in [0.25, 0.3) is 0 Å². The molecule has 0 unspecified atom stereocenters. The van der Waals surface area contributed by atoms with Crippen LogP contribution in [-0.2, 0) is 4.74 Å². The second-order valence-electron chi connectivity index (χ2n) is 5.84. The van der Waals surface area contributed by atoms with Crippen molar-refractivity contribution >= 4 is 23.4 Å². The maximum absolute atomic E-state index is 11.8. The summed E-state index contributed by atoms with van der Waals surface area (Å²) in [5.41, 5.74) is 0.593. The van der Waals surface area contributed by atoms with Gasteiger partial charge in [-0.15, -0.1) is 0 Å². The summed E-state index contributed by atoms with van der Waals surface area (Å²) < 4.78 is 10.9. The van der Waals surface area contributed by atoms with E-state index in [0.717, 1.165) is 0 Å². The summed E-state index contributed by atoms with van der Waals surface area (Å²) in [6, 6.07) is 6.87. The molecule has 1 heterocycles. The fourth-order valence-electron chi connectivity index (χ4n) is 1.68. The molecule has 1 N–H and O–H groups in total. The lowest BCUT2D eigenvalue weighted by Crippen LogP contribution is -2.27. The van der Waals surface area contributed by atoms with Crippen LogP contribution < -0.4 is 10.1 Å². The number of halogens is 1. The quantitative estimate of drug-likeness (QED) is 0.888. The van der Waals surface area contributed by atoms with Gasteiger partial charge in [-0.3, -0.25) is 10.3 Å². The van der Waals surface area contributed by atoms with Crippen LogP contribution in [0, 0.1) is 6.92 Å². The number of amides is 1. The Balaban J connectivity index is 2.11. The Bertz CT molecular complexity index is 714. The first-order valence-electron chi connectivity index (χ1n) is 7.00. The fraction of sp³-hybridized carbons (Fsp3) is 0.312. The van der Waals surface area contributed by atoms with Gasteiger partial charge in [-0.25, -0.2) is 4.79 Å². The van der Waals surface area contributed by atoms with Crippen molar-refractivity contribution in [2.24, 2.45) is 0 Å². The topological polar surface area (TPSA) is 73.3 Å². The molecule has 0 atom stereocenters. The average molecular weight is 336 g/mol. The Morgan fingerprint density at radius 1 is 1.30 bits per heavy atom. The summed E-state index contributed by atoms with van der Waals surface area (Å²) in [5, 5.41) is 2.89. The molecule has 2 aromatic rings. The summed E-state index contributed by atoms with van der Waals surface area (Å²) >= 11 is 5.82. The van der Waals surface area contributed by atoms with Crippen LogP contribution in [-0.4, -0.2) is 21.7 Å². The van der Waals surface area contributed by atoms with Crippen molar-refractivity contribution in [1.82, 2.24) is 9.97 Å². The number of aromatic nitrogens is 2. The van der Waals surface area contributed by atoms with Crippen LogP contribution in [0.5, 0.6) is 11.6 Å². The van der Waals surface area contributed by atoms with E-state index in [2.05, 4.69) is 15.3 Å². The zero-order valence-electron chi connectivity index (χ0n) is 13.4. The minimum absolute atomic E-state index is 0.244. The first-order chi connectivity index (χ1) is 10.7. The lowest BCUT2D eigenvalue weighted by Gasteiger charge is -2.19. The van der Waals surface area contributed by atoms with Crippen LogP contribution in [0.3, 0.4) is 0 Å². The van der Waals surface area contributed by atoms with Gasteiger partial charge in [-0.2, -0.15) is 4.98 Å². The first kappa shape index (κ1) is 17.0. The zero-order valence-corrected chi connectivity index (χ0v) is 14.1. The van der Waals surface area contributed by atoms with Crippen molar-refractivity contribution < 1.29 is 14.3 Å². The smallest absolute Gasteiger partial charge is 0.412 e. The summed E-state index contributed by atoms with van der Waals surface area (Å²) in [7, 11) is 0. The highest BCUT2D eigenvalue weighted by Crippen LogP contribution is 2.25. The minimum atomic E-state index is -0.564. The molecule has 0 aliphatic carbocycles. The number of carbonyl (C=O) groups excluding carboxylic acids is 1. The number of ether oxygens (including phenoxy) is 2. The zero-order chi connectivity index (χ0) is 17.0. The molecule has 2 rings (SSSR count). The second-order valence-corrected chi connectivity index (χ2v) is 6.23. The normalized spacial score (nSPS) is 11.0. The minimum Gasteiger partial charge on any atom is -0.444 e. The maximum atomic E-state index is 11.8. The van der Waals surface area contributed by atoms with E-state index in [1.54, 1.807) is 52.0 Å². The lowest BCUT2D eigenvalue weighted by molar-refractivity contribution is 0.0636. The third-order valence-electron chi connectivity index (χ3n) is 2.58. The molecule has 1 aromatic carbocycles. The van der Waals surface area contributed by atoms with Crippen LogP contribution in [0.1, 0.15) is 26.5 Å². The summed E-state index contributed by atoms with van der Waals surface area (Å²) in [5.74, 6) is 0.810. The van der Waals surface area contributed by atoms with Crippen molar-refractivity contribution in [3.8, 4) is 11.6 Å². The third-order valence-corrected chi connectivity index (χ3v) is 2.76. The Hall–Kier alpha value is -2.34. The van der Waals surface area contributed by atoms with E-state index in [1.807, 2.05) is 0 Å². The fourth-order valence-corrected chi connectivity index (χ4v) is 1.80. The SMILES string of the molecule is Cc1ncc(Cl)nc1Oc1cccc(NC(=O)OC(C)(C)C)c1. The summed E-state index contributed by atoms with van der Waals surface area (Å²) in [6.07, 6.45) is 0.915. The van der Waals surface area contributed by atoms with E-state index in [4.69, 9.17) is 21.1 Å². The van der Waals surface area contributed by atoms with E-state index in [0.29, 0.717) is 23.0 Å². The number of rotatable bonds is 3. The Kier molecular flexibility index (Phi) is 5.05. The molecule has 1 aromatic heterocycles. The summed E-state index contributed by atoms with van der Waals surface area (Å²) in [4.78, 5) is 19.9. The highest BCUT2D eigenvalue weighted by atomic mass is 35.5. The van der Waals surface area contributed by atoms with Gasteiger partial charge in [0.2, 0.25) is 5.88 Å². The number of hydrogen-bond acceptors (Lipinski definition) is 5. The van der Waals surface area contributed by atoms with E-state index >= 15 is 0 Å². The number of anilines is 1. The Morgan fingerprint density at radius 3 is 2.74 bits per heavy atom. The molecule has 6 nitrogen and oxygen atoms in total. The molecule has 0 fully saturated rings. The number of hydrogen-bond donors (Lipinski definition) is 1. The van der Waals surface area contributed by atoms with Crippen molar-refractivity contribution in [2.45, 2.75) is 33.3 Å². The van der Waals surface area contributed by atoms with E-state index in [-0.39, 0.29) is 5.15 Å². The van der Waals surface area contributed by atoms with Gasteiger partial charge in [0.25, 0.3) is 0 Å². The van der Waals surface area contributed by atoms with Gasteiger partial charge in [-0.1, -0.05) is 17.7 Å². The number of benzene rings is 1. The molecule has 1 amide bonds. The highest BCUT2D eigenvalue weighted by Gasteiger charge is 2.16. The molecular weight excluding hydrogens is 318 g/mol. The lowest BCUT2D eigenvalue weighted by atomic mass is 10.2. The molecule has 122 valence electrons. The van der Waals surface area contributed by atoms with Crippen LogP contribution in [0.15, 0.2) is 30.5 Å². The van der Waals surface area contributed by atoms with Crippen molar-refractivity contribution in [2.75, 3.05) is 5.32 Å². The standard InChI is InChI=1S/C16H18ClN3O3/c1-10-14(20-13(17)9-18-10)22-12-7-5-6-11(8-12)19-15(21)23-16(2,3)4/h5-9H,1-4H3,(H,19,21). The van der Waals surface area contributed by atoms with Gasteiger partial charge in [0.1, 0.15) is 11.4 Å². The third kappa shape index (κ3) is 5.41. The largest absolute Gasteiger partial charge is 0.444 e. The van der Waals surface area contributed by atoms with Crippen molar-refractivity contribution in [3.05, 3.63) is 41.3 Å². The monoisotopic (exact) mass is 335 g/mol. The van der Waals surface area contributed by atoms with Gasteiger partial charge < -0.3 is 9.47 Å². The Morgan fingerprint density at radius 2 is 2.04 bits per heavy atom. The predicted molar refractivity (Wildman–Crippen MR) is 88.2 cm³/mol. The molecule has 0 aliphatic heterocycles. The van der Waals surface area contributed by atoms with E-state index < -0.39 is 11.7 Å². The molecule has 7 heteroatoms. The van der Waals surface area contributed by atoms with E-state index in [1.165, 1.54) is 6.20 Å². The molecule has 0 spiro atoms. The van der Waals surface area contributed by atoms with Crippen LogP contribution in [0.4, 0.5) is 10.5 Å². The number of carbonyl (C=O) groups is 1. The van der Waals surface area contributed by atoms with Gasteiger partial charge in [0.05, 0.1) is 11.9 Å². The maximum Gasteiger partial charge on any atom is 0.412 e. The molecule has 0 bridgehead atoms. The van der Waals surface area contributed by atoms with Crippen molar-refractivity contribution in [1.29, 1.82) is 0 Å². The predicted octanol–water partition coefficient (Wildman–Crippen LogP) is 4.58. The van der Waals surface area contributed by atoms with Gasteiger partial charge >= 0.3 is 6.09 Å². The molecule has 23 heavy (non-hydrogen) atoms. The van der Waals surface area contributed by atoms with Gasteiger partial charge in [0.15, 0.2) is 5.15 Å². The van der Waals surface area contributed by atoms with Gasteiger partial charge in [-0.05, 0) is 39.8 Å². The van der Waals surface area contributed by atoms with Crippen LogP contribution in [0.2, 0.25) is 5.15 Å². The number of nitrogens with one attached hydrogen (secondary N) is 1. The molecule has 0 saturated carbocycles. The second kappa shape index (κ2) is 6.83. The van der Waals surface area contributed by atoms with Crippen molar-refractivity contribution in [3.63, 3.8) is 0 Å². The molecule has 0 saturated heterocycles. The van der Waals surface area contributed by atoms with E-state index in [9.17, 15) is 4.79 Å². The van der Waals surface area contributed by atoms with Gasteiger partial charge in [0, 0.05) is 11.8 Å². The molecule has 0 aliphatic rings. The summed E-state index contributed by atoms with van der Waals surface area (Å²) in [6.45, 7) is 7.16. The Labute approximate surface area is 139 Å². The number of aryl methyl sites for hydroxylation is 1. The molecule has 0 radical (unpaired) electrons.